The van der Waals surface area contributed by atoms with Crippen molar-refractivity contribution < 1.29 is 18.0 Å². The molecule has 0 bridgehead atoms. The second kappa shape index (κ2) is 8.55. The summed E-state index contributed by atoms with van der Waals surface area (Å²) in [5, 5.41) is 3.56. The van der Waals surface area contributed by atoms with Gasteiger partial charge in [0.15, 0.2) is 5.69 Å². The van der Waals surface area contributed by atoms with Gasteiger partial charge in [-0.15, -0.1) is 0 Å². The van der Waals surface area contributed by atoms with Crippen molar-refractivity contribution in [2.24, 2.45) is 0 Å². The van der Waals surface area contributed by atoms with Crippen molar-refractivity contribution in [3.05, 3.63) is 83.2 Å². The van der Waals surface area contributed by atoms with E-state index in [9.17, 15) is 18.0 Å². The number of rotatable bonds is 4. The van der Waals surface area contributed by atoms with Gasteiger partial charge in [0.25, 0.3) is 5.91 Å². The van der Waals surface area contributed by atoms with E-state index in [2.05, 4.69) is 41.2 Å². The lowest BCUT2D eigenvalue weighted by Crippen LogP contribution is -2.48. The van der Waals surface area contributed by atoms with Gasteiger partial charge in [-0.2, -0.15) is 18.3 Å². The number of hydrogen-bond acceptors (Lipinski definition) is 3. The predicted molar refractivity (Wildman–Crippen MR) is 111 cm³/mol. The number of halogens is 3. The van der Waals surface area contributed by atoms with Gasteiger partial charge >= 0.3 is 6.18 Å². The monoisotopic (exact) mass is 428 g/mol. The number of benzene rings is 2. The molecule has 0 N–H and O–H groups in total. The summed E-state index contributed by atoms with van der Waals surface area (Å²) in [6, 6.07) is 15.8. The summed E-state index contributed by atoms with van der Waals surface area (Å²) in [6.45, 7) is 5.81. The molecule has 4 rings (SSSR count). The second-order valence-electron chi connectivity index (χ2n) is 7.75. The largest absolute Gasteiger partial charge is 0.435 e. The van der Waals surface area contributed by atoms with Crippen LogP contribution in [0.2, 0.25) is 0 Å². The third-order valence-electron chi connectivity index (χ3n) is 5.41. The molecule has 31 heavy (non-hydrogen) atoms. The maximum atomic E-state index is 12.8. The van der Waals surface area contributed by atoms with Gasteiger partial charge in [0, 0.05) is 44.5 Å². The Morgan fingerprint density at radius 3 is 2.32 bits per heavy atom. The zero-order chi connectivity index (χ0) is 22.0. The minimum absolute atomic E-state index is 0.0711. The van der Waals surface area contributed by atoms with E-state index >= 15 is 0 Å². The maximum absolute atomic E-state index is 12.8. The summed E-state index contributed by atoms with van der Waals surface area (Å²) in [7, 11) is 0. The molecule has 0 saturated carbocycles. The number of alkyl halides is 3. The fourth-order valence-corrected chi connectivity index (χ4v) is 3.74. The fourth-order valence-electron chi connectivity index (χ4n) is 3.74. The molecule has 0 aliphatic carbocycles. The number of piperazine rings is 1. The van der Waals surface area contributed by atoms with Crippen molar-refractivity contribution in [2.75, 3.05) is 26.2 Å². The van der Waals surface area contributed by atoms with Crippen LogP contribution in [-0.4, -0.2) is 51.7 Å². The lowest BCUT2D eigenvalue weighted by Gasteiger charge is -2.34. The minimum atomic E-state index is -4.48. The van der Waals surface area contributed by atoms with Gasteiger partial charge in [0.05, 0.1) is 5.69 Å². The average Bonchev–Trinajstić information content (AvgIpc) is 3.25. The van der Waals surface area contributed by atoms with Crippen LogP contribution < -0.4 is 0 Å². The van der Waals surface area contributed by atoms with Gasteiger partial charge < -0.3 is 4.90 Å². The van der Waals surface area contributed by atoms with Gasteiger partial charge in [-0.1, -0.05) is 29.8 Å². The van der Waals surface area contributed by atoms with E-state index in [0.717, 1.165) is 30.4 Å². The van der Waals surface area contributed by atoms with Gasteiger partial charge in [0.2, 0.25) is 0 Å². The quantitative estimate of drug-likeness (QED) is 0.627. The van der Waals surface area contributed by atoms with E-state index in [1.165, 1.54) is 17.3 Å². The van der Waals surface area contributed by atoms with Crippen LogP contribution in [-0.2, 0) is 12.7 Å². The molecule has 162 valence electrons. The SMILES string of the molecule is Cc1cccc(CN2CCN(C(=O)c3ccc(-n4ccc(C(F)(F)F)n4)cc3)CC2)c1. The standard InChI is InChI=1S/C23H23F3N4O/c1-17-3-2-4-18(15-17)16-28-11-13-29(14-12-28)22(31)19-5-7-20(8-6-19)30-10-9-21(27-30)23(24,25)26/h2-10,15H,11-14,16H2,1H3. The molecule has 1 aliphatic heterocycles. The number of hydrogen-bond donors (Lipinski definition) is 0. The Kier molecular flexibility index (Phi) is 5.82. The molecule has 1 saturated heterocycles. The number of carbonyl (C=O) groups excluding carboxylic acids is 1. The summed E-state index contributed by atoms with van der Waals surface area (Å²) in [4.78, 5) is 17.0. The molecular formula is C23H23F3N4O. The highest BCUT2D eigenvalue weighted by Gasteiger charge is 2.33. The number of carbonyl (C=O) groups is 1. The molecule has 0 spiro atoms. The highest BCUT2D eigenvalue weighted by Crippen LogP contribution is 2.28. The number of amides is 1. The van der Waals surface area contributed by atoms with E-state index < -0.39 is 11.9 Å². The lowest BCUT2D eigenvalue weighted by molar-refractivity contribution is -0.141. The molecule has 0 atom stereocenters. The summed E-state index contributed by atoms with van der Waals surface area (Å²) in [5.41, 5.74) is 2.53. The average molecular weight is 428 g/mol. The van der Waals surface area contributed by atoms with E-state index in [1.807, 2.05) is 4.90 Å². The summed E-state index contributed by atoms with van der Waals surface area (Å²) in [6.07, 6.45) is -3.23. The number of nitrogens with zero attached hydrogens (tertiary/aromatic N) is 4. The van der Waals surface area contributed by atoms with E-state index in [-0.39, 0.29) is 5.91 Å². The highest BCUT2D eigenvalue weighted by molar-refractivity contribution is 5.94. The van der Waals surface area contributed by atoms with Crippen molar-refractivity contribution >= 4 is 5.91 Å². The molecule has 8 heteroatoms. The molecule has 3 aromatic rings. The fraction of sp³-hybridized carbons (Fsp3) is 0.304. The molecule has 1 amide bonds. The molecule has 1 fully saturated rings. The van der Waals surface area contributed by atoms with Crippen molar-refractivity contribution in [1.82, 2.24) is 19.6 Å². The van der Waals surface area contributed by atoms with E-state index in [4.69, 9.17) is 0 Å². The van der Waals surface area contributed by atoms with Crippen LogP contribution in [0.5, 0.6) is 0 Å². The van der Waals surface area contributed by atoms with Crippen LogP contribution in [0.25, 0.3) is 5.69 Å². The number of aryl methyl sites for hydroxylation is 1. The van der Waals surface area contributed by atoms with Crippen LogP contribution in [0.3, 0.4) is 0 Å². The van der Waals surface area contributed by atoms with Gasteiger partial charge in [-0.05, 0) is 42.8 Å². The van der Waals surface area contributed by atoms with Crippen molar-refractivity contribution in [1.29, 1.82) is 0 Å². The predicted octanol–water partition coefficient (Wildman–Crippen LogP) is 4.16. The molecule has 1 aliphatic rings. The smallest absolute Gasteiger partial charge is 0.336 e. The second-order valence-corrected chi connectivity index (χ2v) is 7.75. The van der Waals surface area contributed by atoms with Crippen LogP contribution in [0, 0.1) is 6.92 Å². The van der Waals surface area contributed by atoms with Crippen LogP contribution in [0.15, 0.2) is 60.8 Å². The maximum Gasteiger partial charge on any atom is 0.435 e. The van der Waals surface area contributed by atoms with E-state index in [1.54, 1.807) is 24.3 Å². The summed E-state index contributed by atoms with van der Waals surface area (Å²) in [5.74, 6) is -0.0711. The molecule has 0 radical (unpaired) electrons. The highest BCUT2D eigenvalue weighted by atomic mass is 19.4. The molecule has 1 aromatic heterocycles. The molecule has 2 aromatic carbocycles. The van der Waals surface area contributed by atoms with Crippen molar-refractivity contribution in [3.63, 3.8) is 0 Å². The molecule has 0 unspecified atom stereocenters. The third kappa shape index (κ3) is 4.96. The van der Waals surface area contributed by atoms with Crippen LogP contribution in [0.1, 0.15) is 27.2 Å². The first-order valence-electron chi connectivity index (χ1n) is 10.1. The van der Waals surface area contributed by atoms with Gasteiger partial charge in [-0.25, -0.2) is 4.68 Å². The summed E-state index contributed by atoms with van der Waals surface area (Å²) < 4.78 is 39.3. The summed E-state index contributed by atoms with van der Waals surface area (Å²) >= 11 is 0. The topological polar surface area (TPSA) is 41.4 Å². The Balaban J connectivity index is 1.35. The number of aromatic nitrogens is 2. The zero-order valence-electron chi connectivity index (χ0n) is 17.1. The van der Waals surface area contributed by atoms with Crippen molar-refractivity contribution in [2.45, 2.75) is 19.6 Å². The molecular weight excluding hydrogens is 405 g/mol. The lowest BCUT2D eigenvalue weighted by atomic mass is 10.1. The molecule has 2 heterocycles. The van der Waals surface area contributed by atoms with Gasteiger partial charge in [0.1, 0.15) is 0 Å². The zero-order valence-corrected chi connectivity index (χ0v) is 17.1. The first kappa shape index (κ1) is 21.1. The Morgan fingerprint density at radius 1 is 1.00 bits per heavy atom. The molecule has 5 nitrogen and oxygen atoms in total. The third-order valence-corrected chi connectivity index (χ3v) is 5.41. The minimum Gasteiger partial charge on any atom is -0.336 e. The first-order chi connectivity index (χ1) is 14.8. The van der Waals surface area contributed by atoms with Crippen LogP contribution >= 0.6 is 0 Å². The van der Waals surface area contributed by atoms with Crippen LogP contribution in [0.4, 0.5) is 13.2 Å². The van der Waals surface area contributed by atoms with Gasteiger partial charge in [-0.3, -0.25) is 9.69 Å². The Hall–Kier alpha value is -3.13. The van der Waals surface area contributed by atoms with Crippen molar-refractivity contribution in [3.8, 4) is 5.69 Å². The normalized spacial score (nSPS) is 15.3. The Bertz CT molecular complexity index is 1050. The van der Waals surface area contributed by atoms with E-state index in [0.29, 0.717) is 24.3 Å². The first-order valence-corrected chi connectivity index (χ1v) is 10.1. The Morgan fingerprint density at radius 2 is 1.71 bits per heavy atom. The Labute approximate surface area is 178 Å².